The summed E-state index contributed by atoms with van der Waals surface area (Å²) in [6.45, 7) is 18.6. The highest BCUT2D eigenvalue weighted by molar-refractivity contribution is 4.87. The molecular formula is C16H34N2. The molecule has 1 atom stereocenters. The molecule has 1 N–H and O–H groups in total. The second-order valence-electron chi connectivity index (χ2n) is 7.68. The van der Waals surface area contributed by atoms with Crippen molar-refractivity contribution in [2.45, 2.75) is 78.9 Å². The molecule has 0 aliphatic heterocycles. The summed E-state index contributed by atoms with van der Waals surface area (Å²) in [7, 11) is 0. The summed E-state index contributed by atoms with van der Waals surface area (Å²) >= 11 is 0. The van der Waals surface area contributed by atoms with Crippen LogP contribution in [0.3, 0.4) is 0 Å². The van der Waals surface area contributed by atoms with Crippen LogP contribution in [0.1, 0.15) is 61.3 Å². The van der Waals surface area contributed by atoms with E-state index in [9.17, 15) is 0 Å². The summed E-state index contributed by atoms with van der Waals surface area (Å²) in [5.74, 6) is 1.68. The number of nitrogens with one attached hydrogen (secondary N) is 1. The second kappa shape index (κ2) is 6.38. The van der Waals surface area contributed by atoms with Gasteiger partial charge in [-0.3, -0.25) is 4.90 Å². The van der Waals surface area contributed by atoms with Gasteiger partial charge in [0.2, 0.25) is 0 Å². The van der Waals surface area contributed by atoms with Crippen molar-refractivity contribution in [3.63, 3.8) is 0 Å². The highest BCUT2D eigenvalue weighted by Crippen LogP contribution is 2.31. The van der Waals surface area contributed by atoms with Gasteiger partial charge in [-0.05, 0) is 59.3 Å². The average Bonchev–Trinajstić information content (AvgIpc) is 2.97. The van der Waals surface area contributed by atoms with Gasteiger partial charge in [0.05, 0.1) is 0 Å². The molecule has 18 heavy (non-hydrogen) atoms. The maximum absolute atomic E-state index is 3.69. The monoisotopic (exact) mass is 254 g/mol. The molecule has 0 bridgehead atoms. The first kappa shape index (κ1) is 16.0. The van der Waals surface area contributed by atoms with Crippen LogP contribution in [-0.2, 0) is 0 Å². The van der Waals surface area contributed by atoms with Crippen LogP contribution in [0.25, 0.3) is 0 Å². The first-order valence-electron chi connectivity index (χ1n) is 7.71. The summed E-state index contributed by atoms with van der Waals surface area (Å²) in [5.41, 5.74) is 0.218. The lowest BCUT2D eigenvalue weighted by atomic mass is 9.98. The molecule has 2 nitrogen and oxygen atoms in total. The van der Waals surface area contributed by atoms with Gasteiger partial charge >= 0.3 is 0 Å². The Morgan fingerprint density at radius 2 is 1.67 bits per heavy atom. The van der Waals surface area contributed by atoms with Crippen molar-refractivity contribution < 1.29 is 0 Å². The lowest BCUT2D eigenvalue weighted by Gasteiger charge is -2.39. The van der Waals surface area contributed by atoms with Crippen molar-refractivity contribution in [3.8, 4) is 0 Å². The van der Waals surface area contributed by atoms with Crippen LogP contribution in [0, 0.1) is 11.8 Å². The first-order chi connectivity index (χ1) is 8.20. The lowest BCUT2D eigenvalue weighted by Crippen LogP contribution is -2.52. The van der Waals surface area contributed by atoms with E-state index in [1.165, 1.54) is 19.4 Å². The summed E-state index contributed by atoms with van der Waals surface area (Å²) in [5, 5.41) is 3.69. The molecule has 0 aromatic heterocycles. The van der Waals surface area contributed by atoms with Gasteiger partial charge in [-0.2, -0.15) is 0 Å². The number of nitrogens with zero attached hydrogens (tertiary/aromatic N) is 1. The third kappa shape index (κ3) is 5.71. The molecule has 1 fully saturated rings. The van der Waals surface area contributed by atoms with E-state index < -0.39 is 0 Å². The second-order valence-corrected chi connectivity index (χ2v) is 7.68. The topological polar surface area (TPSA) is 15.3 Å². The van der Waals surface area contributed by atoms with Gasteiger partial charge < -0.3 is 5.32 Å². The lowest BCUT2D eigenvalue weighted by molar-refractivity contribution is 0.104. The van der Waals surface area contributed by atoms with Crippen LogP contribution in [0.15, 0.2) is 0 Å². The van der Waals surface area contributed by atoms with Crippen molar-refractivity contribution in [1.82, 2.24) is 10.2 Å². The van der Waals surface area contributed by atoms with Gasteiger partial charge in [0.15, 0.2) is 0 Å². The van der Waals surface area contributed by atoms with Crippen LogP contribution >= 0.6 is 0 Å². The van der Waals surface area contributed by atoms with Gasteiger partial charge in [-0.1, -0.05) is 13.8 Å². The zero-order valence-electron chi connectivity index (χ0n) is 13.6. The Bertz CT molecular complexity index is 236. The van der Waals surface area contributed by atoms with Gasteiger partial charge in [0, 0.05) is 30.7 Å². The molecule has 1 aliphatic rings. The highest BCUT2D eigenvalue weighted by atomic mass is 15.2. The molecule has 0 heterocycles. The molecule has 108 valence electrons. The fourth-order valence-corrected chi connectivity index (χ4v) is 2.47. The Hall–Kier alpha value is -0.0800. The zero-order valence-corrected chi connectivity index (χ0v) is 13.6. The quantitative estimate of drug-likeness (QED) is 0.748. The van der Waals surface area contributed by atoms with E-state index in [-0.39, 0.29) is 5.54 Å². The Balaban J connectivity index is 2.60. The molecular weight excluding hydrogens is 220 g/mol. The minimum Gasteiger partial charge on any atom is -0.311 e. The van der Waals surface area contributed by atoms with Gasteiger partial charge in [0.1, 0.15) is 0 Å². The van der Waals surface area contributed by atoms with Crippen LogP contribution in [0.5, 0.6) is 0 Å². The normalized spacial score (nSPS) is 19.0. The maximum atomic E-state index is 3.69. The Kier molecular flexibility index (Phi) is 5.67. The summed E-state index contributed by atoms with van der Waals surface area (Å²) in [6, 6.07) is 1.31. The van der Waals surface area contributed by atoms with Crippen LogP contribution in [0.2, 0.25) is 0 Å². The molecule has 1 saturated carbocycles. The van der Waals surface area contributed by atoms with Crippen molar-refractivity contribution in [3.05, 3.63) is 0 Å². The number of hydrogen-bond donors (Lipinski definition) is 1. The van der Waals surface area contributed by atoms with E-state index in [0.29, 0.717) is 18.0 Å². The van der Waals surface area contributed by atoms with E-state index in [1.54, 1.807) is 0 Å². The largest absolute Gasteiger partial charge is 0.311 e. The van der Waals surface area contributed by atoms with E-state index in [4.69, 9.17) is 0 Å². The van der Waals surface area contributed by atoms with Crippen molar-refractivity contribution in [2.24, 2.45) is 11.8 Å². The van der Waals surface area contributed by atoms with E-state index >= 15 is 0 Å². The molecule has 0 amide bonds. The molecule has 1 unspecified atom stereocenters. The van der Waals surface area contributed by atoms with Gasteiger partial charge in [-0.25, -0.2) is 0 Å². The standard InChI is InChI=1S/C16H34N2/c1-12(2)15(10-17-16(5,6)7)18(13(3)4)11-14-8-9-14/h12-15,17H,8-11H2,1-7H3. The minimum atomic E-state index is 0.218. The summed E-state index contributed by atoms with van der Waals surface area (Å²) in [4.78, 5) is 2.72. The number of hydrogen-bond acceptors (Lipinski definition) is 2. The van der Waals surface area contributed by atoms with E-state index in [0.717, 1.165) is 12.5 Å². The molecule has 2 heteroatoms. The first-order valence-corrected chi connectivity index (χ1v) is 7.71. The Morgan fingerprint density at radius 3 is 2.00 bits per heavy atom. The van der Waals surface area contributed by atoms with Crippen molar-refractivity contribution >= 4 is 0 Å². The minimum absolute atomic E-state index is 0.218. The Morgan fingerprint density at radius 1 is 1.11 bits per heavy atom. The van der Waals surface area contributed by atoms with Crippen molar-refractivity contribution in [2.75, 3.05) is 13.1 Å². The third-order valence-electron chi connectivity index (χ3n) is 3.87. The third-order valence-corrected chi connectivity index (χ3v) is 3.87. The van der Waals surface area contributed by atoms with Gasteiger partial charge in [-0.15, -0.1) is 0 Å². The molecule has 1 rings (SSSR count). The predicted molar refractivity (Wildman–Crippen MR) is 80.9 cm³/mol. The molecule has 0 radical (unpaired) electrons. The SMILES string of the molecule is CC(C)C(CNC(C)(C)C)N(CC1CC1)C(C)C. The summed E-state index contributed by atoms with van der Waals surface area (Å²) in [6.07, 6.45) is 2.89. The zero-order chi connectivity index (χ0) is 13.9. The van der Waals surface area contributed by atoms with E-state index in [2.05, 4.69) is 58.7 Å². The molecule has 0 aromatic carbocycles. The molecule has 0 spiro atoms. The van der Waals surface area contributed by atoms with Crippen LogP contribution in [0.4, 0.5) is 0 Å². The van der Waals surface area contributed by atoms with Crippen LogP contribution < -0.4 is 5.32 Å². The molecule has 1 aliphatic carbocycles. The maximum Gasteiger partial charge on any atom is 0.0246 e. The highest BCUT2D eigenvalue weighted by Gasteiger charge is 2.31. The smallest absolute Gasteiger partial charge is 0.0246 e. The average molecular weight is 254 g/mol. The van der Waals surface area contributed by atoms with Gasteiger partial charge in [0.25, 0.3) is 0 Å². The fourth-order valence-electron chi connectivity index (χ4n) is 2.47. The fraction of sp³-hybridized carbons (Fsp3) is 1.00. The van der Waals surface area contributed by atoms with E-state index in [1.807, 2.05) is 0 Å². The predicted octanol–water partition coefficient (Wildman–Crippen LogP) is 3.52. The number of rotatable bonds is 7. The van der Waals surface area contributed by atoms with Crippen molar-refractivity contribution in [1.29, 1.82) is 0 Å². The van der Waals surface area contributed by atoms with Crippen LogP contribution in [-0.4, -0.2) is 35.6 Å². The molecule has 0 saturated heterocycles. The summed E-state index contributed by atoms with van der Waals surface area (Å²) < 4.78 is 0. The Labute approximate surface area is 115 Å². The molecule has 0 aromatic rings.